The smallest absolute Gasteiger partial charge is 0.128 e. The van der Waals surface area contributed by atoms with E-state index in [1.54, 1.807) is 0 Å². The molecule has 1 fully saturated rings. The lowest BCUT2D eigenvalue weighted by molar-refractivity contribution is 0.686. The quantitative estimate of drug-likeness (QED) is 0.822. The molecule has 0 amide bonds. The largest absolute Gasteiger partial charge is 0.360 e. The minimum Gasteiger partial charge on any atom is -0.360 e. The van der Waals surface area contributed by atoms with Gasteiger partial charge in [-0.2, -0.15) is 0 Å². The van der Waals surface area contributed by atoms with Gasteiger partial charge in [-0.15, -0.1) is 0 Å². The number of aryl methyl sites for hydroxylation is 1. The summed E-state index contributed by atoms with van der Waals surface area (Å²) in [7, 11) is 2.08. The standard InChI is InChI=1S/C13H21N3/c1-4-16(3)13-8-11(7-10(2)15-13)9-14-12-5-6-12/h7-8,12,14H,4-6,9H2,1-3H3. The third-order valence-corrected chi connectivity index (χ3v) is 3.04. The maximum atomic E-state index is 4.55. The number of anilines is 1. The molecule has 0 aromatic carbocycles. The summed E-state index contributed by atoms with van der Waals surface area (Å²) in [5.74, 6) is 1.08. The lowest BCUT2D eigenvalue weighted by Gasteiger charge is -2.17. The first-order valence-corrected chi connectivity index (χ1v) is 6.11. The van der Waals surface area contributed by atoms with Gasteiger partial charge in [0.15, 0.2) is 0 Å². The summed E-state index contributed by atoms with van der Waals surface area (Å²) < 4.78 is 0. The average Bonchev–Trinajstić information content (AvgIpc) is 3.08. The molecule has 1 aromatic rings. The Morgan fingerprint density at radius 2 is 2.19 bits per heavy atom. The van der Waals surface area contributed by atoms with E-state index in [9.17, 15) is 0 Å². The fraction of sp³-hybridized carbons (Fsp3) is 0.615. The molecule has 1 saturated carbocycles. The van der Waals surface area contributed by atoms with E-state index in [-0.39, 0.29) is 0 Å². The maximum absolute atomic E-state index is 4.55. The monoisotopic (exact) mass is 219 g/mol. The molecule has 1 N–H and O–H groups in total. The highest BCUT2D eigenvalue weighted by Gasteiger charge is 2.20. The summed E-state index contributed by atoms with van der Waals surface area (Å²) in [6.45, 7) is 6.17. The molecule has 0 saturated heterocycles. The van der Waals surface area contributed by atoms with Crippen LogP contribution in [-0.2, 0) is 6.54 Å². The Balaban J connectivity index is 2.07. The predicted molar refractivity (Wildman–Crippen MR) is 67.8 cm³/mol. The van der Waals surface area contributed by atoms with Crippen molar-refractivity contribution in [3.05, 3.63) is 23.4 Å². The number of aromatic nitrogens is 1. The Labute approximate surface area is 97.9 Å². The molecule has 0 aliphatic heterocycles. The molecular formula is C13H21N3. The molecule has 3 heteroatoms. The van der Waals surface area contributed by atoms with Crippen LogP contribution in [-0.4, -0.2) is 24.6 Å². The van der Waals surface area contributed by atoms with Crippen LogP contribution in [0.15, 0.2) is 12.1 Å². The summed E-state index contributed by atoms with van der Waals surface area (Å²) in [6, 6.07) is 5.12. The highest BCUT2D eigenvalue weighted by Crippen LogP contribution is 2.20. The SMILES string of the molecule is CCN(C)c1cc(CNC2CC2)cc(C)n1. The molecule has 2 rings (SSSR count). The topological polar surface area (TPSA) is 28.2 Å². The van der Waals surface area contributed by atoms with E-state index in [1.807, 2.05) is 0 Å². The van der Waals surface area contributed by atoms with E-state index in [4.69, 9.17) is 0 Å². The van der Waals surface area contributed by atoms with E-state index >= 15 is 0 Å². The van der Waals surface area contributed by atoms with Crippen molar-refractivity contribution in [3.8, 4) is 0 Å². The van der Waals surface area contributed by atoms with E-state index in [1.165, 1.54) is 18.4 Å². The number of hydrogen-bond acceptors (Lipinski definition) is 3. The van der Waals surface area contributed by atoms with Gasteiger partial charge in [-0.25, -0.2) is 4.98 Å². The van der Waals surface area contributed by atoms with Gasteiger partial charge in [0.2, 0.25) is 0 Å². The fourth-order valence-electron chi connectivity index (χ4n) is 1.73. The number of hydrogen-bond donors (Lipinski definition) is 1. The van der Waals surface area contributed by atoms with Gasteiger partial charge in [0.05, 0.1) is 0 Å². The van der Waals surface area contributed by atoms with E-state index in [0.717, 1.165) is 30.6 Å². The zero-order valence-corrected chi connectivity index (χ0v) is 10.5. The van der Waals surface area contributed by atoms with Crippen molar-refractivity contribution in [2.24, 2.45) is 0 Å². The minimum absolute atomic E-state index is 0.765. The van der Waals surface area contributed by atoms with Crippen molar-refractivity contribution in [3.63, 3.8) is 0 Å². The molecular weight excluding hydrogens is 198 g/mol. The Bertz CT molecular complexity index is 358. The molecule has 0 spiro atoms. The third kappa shape index (κ3) is 2.95. The van der Waals surface area contributed by atoms with Crippen molar-refractivity contribution in [1.82, 2.24) is 10.3 Å². The van der Waals surface area contributed by atoms with Gasteiger partial charge in [-0.1, -0.05) is 0 Å². The number of nitrogens with zero attached hydrogens (tertiary/aromatic N) is 2. The van der Waals surface area contributed by atoms with Crippen molar-refractivity contribution >= 4 is 5.82 Å². The maximum Gasteiger partial charge on any atom is 0.128 e. The normalized spacial score (nSPS) is 15.2. The van der Waals surface area contributed by atoms with Gasteiger partial charge in [0.1, 0.15) is 5.82 Å². The van der Waals surface area contributed by atoms with Gasteiger partial charge in [0.25, 0.3) is 0 Å². The van der Waals surface area contributed by atoms with Crippen molar-refractivity contribution in [2.45, 2.75) is 39.3 Å². The Morgan fingerprint density at radius 1 is 1.44 bits per heavy atom. The van der Waals surface area contributed by atoms with Crippen LogP contribution >= 0.6 is 0 Å². The van der Waals surface area contributed by atoms with Crippen molar-refractivity contribution < 1.29 is 0 Å². The molecule has 0 unspecified atom stereocenters. The molecule has 16 heavy (non-hydrogen) atoms. The van der Waals surface area contributed by atoms with E-state index in [0.29, 0.717) is 0 Å². The summed E-state index contributed by atoms with van der Waals surface area (Å²) in [6.07, 6.45) is 2.68. The molecule has 1 aliphatic rings. The van der Waals surface area contributed by atoms with E-state index in [2.05, 4.69) is 48.2 Å². The number of nitrogens with one attached hydrogen (secondary N) is 1. The second kappa shape index (κ2) is 4.83. The van der Waals surface area contributed by atoms with Crippen LogP contribution in [0.2, 0.25) is 0 Å². The first-order valence-electron chi connectivity index (χ1n) is 6.11. The average molecular weight is 219 g/mol. The van der Waals surface area contributed by atoms with Gasteiger partial charge in [-0.05, 0) is 44.4 Å². The number of rotatable bonds is 5. The Kier molecular flexibility index (Phi) is 3.44. The summed E-state index contributed by atoms with van der Waals surface area (Å²) in [4.78, 5) is 6.72. The van der Waals surface area contributed by atoms with Crippen LogP contribution in [0, 0.1) is 6.92 Å². The van der Waals surface area contributed by atoms with Crippen LogP contribution in [0.1, 0.15) is 31.0 Å². The van der Waals surface area contributed by atoms with Crippen LogP contribution in [0.3, 0.4) is 0 Å². The van der Waals surface area contributed by atoms with Crippen molar-refractivity contribution in [2.75, 3.05) is 18.5 Å². The van der Waals surface area contributed by atoms with E-state index < -0.39 is 0 Å². The van der Waals surface area contributed by atoms with Gasteiger partial charge >= 0.3 is 0 Å². The van der Waals surface area contributed by atoms with Gasteiger partial charge in [0, 0.05) is 31.9 Å². The molecule has 88 valence electrons. The summed E-state index contributed by atoms with van der Waals surface area (Å²) >= 11 is 0. The number of pyridine rings is 1. The zero-order chi connectivity index (χ0) is 11.5. The third-order valence-electron chi connectivity index (χ3n) is 3.04. The van der Waals surface area contributed by atoms with Crippen LogP contribution in [0.4, 0.5) is 5.82 Å². The molecule has 1 heterocycles. The van der Waals surface area contributed by atoms with Crippen LogP contribution in [0.5, 0.6) is 0 Å². The molecule has 3 nitrogen and oxygen atoms in total. The lowest BCUT2D eigenvalue weighted by Crippen LogP contribution is -2.19. The summed E-state index contributed by atoms with van der Waals surface area (Å²) in [5.41, 5.74) is 2.44. The van der Waals surface area contributed by atoms with Crippen molar-refractivity contribution in [1.29, 1.82) is 0 Å². The molecule has 0 bridgehead atoms. The van der Waals surface area contributed by atoms with Gasteiger partial charge in [-0.3, -0.25) is 0 Å². The zero-order valence-electron chi connectivity index (χ0n) is 10.5. The lowest BCUT2D eigenvalue weighted by atomic mass is 10.2. The van der Waals surface area contributed by atoms with Gasteiger partial charge < -0.3 is 10.2 Å². The Hall–Kier alpha value is -1.09. The minimum atomic E-state index is 0.765. The van der Waals surface area contributed by atoms with Crippen LogP contribution < -0.4 is 10.2 Å². The molecule has 1 aromatic heterocycles. The highest BCUT2D eigenvalue weighted by atomic mass is 15.2. The van der Waals surface area contributed by atoms with Crippen LogP contribution in [0.25, 0.3) is 0 Å². The predicted octanol–water partition coefficient (Wildman–Crippen LogP) is 2.10. The summed E-state index contributed by atoms with van der Waals surface area (Å²) in [5, 5.41) is 3.54. The first kappa shape index (κ1) is 11.4. The second-order valence-corrected chi connectivity index (χ2v) is 4.64. The Morgan fingerprint density at radius 3 is 2.81 bits per heavy atom. The molecule has 0 radical (unpaired) electrons. The molecule has 0 atom stereocenters. The highest BCUT2D eigenvalue weighted by molar-refractivity contribution is 5.41. The molecule has 1 aliphatic carbocycles. The first-order chi connectivity index (χ1) is 7.69. The fourth-order valence-corrected chi connectivity index (χ4v) is 1.73. The second-order valence-electron chi connectivity index (χ2n) is 4.64.